The van der Waals surface area contributed by atoms with E-state index in [9.17, 15) is 8.42 Å². The van der Waals surface area contributed by atoms with E-state index in [-0.39, 0.29) is 17.5 Å². The van der Waals surface area contributed by atoms with E-state index < -0.39 is 10.0 Å². The van der Waals surface area contributed by atoms with Gasteiger partial charge in [0.15, 0.2) is 0 Å². The van der Waals surface area contributed by atoms with Crippen molar-refractivity contribution in [1.82, 2.24) is 9.62 Å². The molecule has 2 heterocycles. The minimum atomic E-state index is -3.54. The Labute approximate surface area is 132 Å². The first-order chi connectivity index (χ1) is 9.46. The summed E-state index contributed by atoms with van der Waals surface area (Å²) in [5.41, 5.74) is 0. The van der Waals surface area contributed by atoms with Gasteiger partial charge in [0.25, 0.3) is 0 Å². The predicted octanol–water partition coefficient (Wildman–Crippen LogP) is 1.77. The lowest BCUT2D eigenvalue weighted by Crippen LogP contribution is -2.47. The highest BCUT2D eigenvalue weighted by atomic mass is 79.9. The van der Waals surface area contributed by atoms with Crippen LogP contribution >= 0.6 is 27.3 Å². The summed E-state index contributed by atoms with van der Waals surface area (Å²) >= 11 is 4.51. The molecule has 0 spiro atoms. The third-order valence-electron chi connectivity index (χ3n) is 3.43. The highest BCUT2D eigenvalue weighted by Gasteiger charge is 2.27. The van der Waals surface area contributed by atoms with Gasteiger partial charge in [-0.3, -0.25) is 0 Å². The molecule has 1 aliphatic rings. The van der Waals surface area contributed by atoms with Crippen molar-refractivity contribution < 1.29 is 13.5 Å². The van der Waals surface area contributed by atoms with Crippen LogP contribution in [0.1, 0.15) is 24.6 Å². The number of aliphatic hydroxyl groups excluding tert-OH is 1. The fourth-order valence-corrected chi connectivity index (χ4v) is 6.18. The molecular weight excluding hydrogens is 364 g/mol. The molecule has 1 unspecified atom stereocenters. The first kappa shape index (κ1) is 16.4. The molecule has 1 aromatic heterocycles. The van der Waals surface area contributed by atoms with E-state index in [0.29, 0.717) is 8.66 Å². The Bertz CT molecular complexity index is 559. The van der Waals surface area contributed by atoms with Crippen molar-refractivity contribution in [1.29, 1.82) is 0 Å². The molecular formula is C12H19BrN2O3S2. The zero-order valence-electron chi connectivity index (χ0n) is 11.3. The smallest absolute Gasteiger partial charge is 0.242 e. The number of nitrogens with one attached hydrogen (secondary N) is 1. The van der Waals surface area contributed by atoms with Crippen molar-refractivity contribution in [2.45, 2.75) is 37.3 Å². The zero-order chi connectivity index (χ0) is 14.8. The van der Waals surface area contributed by atoms with Crippen LogP contribution in [0, 0.1) is 0 Å². The number of halogens is 1. The molecule has 114 valence electrons. The second-order valence-electron chi connectivity index (χ2n) is 4.86. The summed E-state index contributed by atoms with van der Waals surface area (Å²) in [6, 6.07) is 1.48. The van der Waals surface area contributed by atoms with Gasteiger partial charge in [-0.2, -0.15) is 0 Å². The van der Waals surface area contributed by atoms with Crippen LogP contribution in [0.25, 0.3) is 0 Å². The molecule has 0 saturated carbocycles. The fourth-order valence-electron chi connectivity index (χ4n) is 2.38. The molecule has 0 amide bonds. The standard InChI is InChI=1S/C12H19BrN2O3S2/c1-2-15-5-3-4-9(7-15)14-20(17,18)11-6-10(8-16)19-12(11)13/h6,9,14,16H,2-5,7-8H2,1H3. The Hall–Kier alpha value is 0.01000. The van der Waals surface area contributed by atoms with E-state index in [2.05, 4.69) is 32.5 Å². The monoisotopic (exact) mass is 382 g/mol. The van der Waals surface area contributed by atoms with Crippen molar-refractivity contribution >= 4 is 37.3 Å². The summed E-state index contributed by atoms with van der Waals surface area (Å²) in [6.07, 6.45) is 1.87. The minimum absolute atomic E-state index is 0.0434. The summed E-state index contributed by atoms with van der Waals surface area (Å²) in [4.78, 5) is 3.11. The van der Waals surface area contributed by atoms with E-state index >= 15 is 0 Å². The molecule has 1 fully saturated rings. The van der Waals surface area contributed by atoms with E-state index in [1.165, 1.54) is 17.4 Å². The van der Waals surface area contributed by atoms with Gasteiger partial charge in [0.1, 0.15) is 4.90 Å². The van der Waals surface area contributed by atoms with Crippen LogP contribution in [0.3, 0.4) is 0 Å². The topological polar surface area (TPSA) is 69.6 Å². The lowest BCUT2D eigenvalue weighted by Gasteiger charge is -2.31. The Morgan fingerprint density at radius 1 is 1.60 bits per heavy atom. The van der Waals surface area contributed by atoms with Crippen LogP contribution in [0.4, 0.5) is 0 Å². The van der Waals surface area contributed by atoms with Gasteiger partial charge in [0.05, 0.1) is 10.4 Å². The van der Waals surface area contributed by atoms with Crippen molar-refractivity contribution in [3.63, 3.8) is 0 Å². The Morgan fingerprint density at radius 2 is 2.35 bits per heavy atom. The predicted molar refractivity (Wildman–Crippen MR) is 83.4 cm³/mol. The van der Waals surface area contributed by atoms with Crippen molar-refractivity contribution in [2.75, 3.05) is 19.6 Å². The lowest BCUT2D eigenvalue weighted by molar-refractivity contribution is 0.211. The summed E-state index contributed by atoms with van der Waals surface area (Å²) in [5.74, 6) is 0. The van der Waals surface area contributed by atoms with Gasteiger partial charge >= 0.3 is 0 Å². The molecule has 5 nitrogen and oxygen atoms in total. The molecule has 0 aliphatic carbocycles. The van der Waals surface area contributed by atoms with Crippen LogP contribution in [0.2, 0.25) is 0 Å². The molecule has 1 atom stereocenters. The molecule has 0 radical (unpaired) electrons. The van der Waals surface area contributed by atoms with Gasteiger partial charge in [-0.1, -0.05) is 6.92 Å². The number of rotatable bonds is 5. The number of likely N-dealkylation sites (tertiary alicyclic amines) is 1. The van der Waals surface area contributed by atoms with Crippen molar-refractivity contribution in [3.05, 3.63) is 14.7 Å². The van der Waals surface area contributed by atoms with Crippen molar-refractivity contribution in [2.24, 2.45) is 0 Å². The number of hydrogen-bond donors (Lipinski definition) is 2. The maximum Gasteiger partial charge on any atom is 0.242 e. The molecule has 0 aromatic carbocycles. The van der Waals surface area contributed by atoms with Crippen LogP contribution in [-0.4, -0.2) is 44.1 Å². The average molecular weight is 383 g/mol. The van der Waals surface area contributed by atoms with E-state index in [1.54, 1.807) is 0 Å². The number of thiophene rings is 1. The Balaban J connectivity index is 2.12. The maximum absolute atomic E-state index is 12.4. The summed E-state index contributed by atoms with van der Waals surface area (Å²) in [5, 5.41) is 9.10. The molecule has 1 saturated heterocycles. The first-order valence-electron chi connectivity index (χ1n) is 6.60. The number of piperidine rings is 1. The molecule has 20 heavy (non-hydrogen) atoms. The average Bonchev–Trinajstić information content (AvgIpc) is 2.80. The largest absolute Gasteiger partial charge is 0.391 e. The highest BCUT2D eigenvalue weighted by molar-refractivity contribution is 9.11. The fraction of sp³-hybridized carbons (Fsp3) is 0.667. The number of aliphatic hydroxyl groups is 1. The number of hydrogen-bond acceptors (Lipinski definition) is 5. The Kier molecular flexibility index (Phi) is 5.61. The van der Waals surface area contributed by atoms with Crippen molar-refractivity contribution in [3.8, 4) is 0 Å². The maximum atomic E-state index is 12.4. The summed E-state index contributed by atoms with van der Waals surface area (Å²) in [6.45, 7) is 4.66. The van der Waals surface area contributed by atoms with Crippen LogP contribution in [0.15, 0.2) is 14.7 Å². The highest BCUT2D eigenvalue weighted by Crippen LogP contribution is 2.32. The number of nitrogens with zero attached hydrogens (tertiary/aromatic N) is 1. The van der Waals surface area contributed by atoms with E-state index in [0.717, 1.165) is 32.5 Å². The minimum Gasteiger partial charge on any atom is -0.391 e. The van der Waals surface area contributed by atoms with Gasteiger partial charge in [-0.15, -0.1) is 11.3 Å². The lowest BCUT2D eigenvalue weighted by atomic mass is 10.1. The van der Waals surface area contributed by atoms with Gasteiger partial charge in [-0.25, -0.2) is 13.1 Å². The van der Waals surface area contributed by atoms with Gasteiger partial charge in [0.2, 0.25) is 10.0 Å². The summed E-state index contributed by atoms with van der Waals surface area (Å²) in [7, 11) is -3.54. The normalized spacial score (nSPS) is 21.2. The van der Waals surface area contributed by atoms with E-state index in [4.69, 9.17) is 5.11 Å². The Morgan fingerprint density at radius 3 is 2.95 bits per heavy atom. The molecule has 8 heteroatoms. The van der Waals surface area contributed by atoms with Gasteiger partial charge < -0.3 is 10.0 Å². The summed E-state index contributed by atoms with van der Waals surface area (Å²) < 4.78 is 28.1. The molecule has 0 bridgehead atoms. The second kappa shape index (κ2) is 6.85. The quantitative estimate of drug-likeness (QED) is 0.813. The third kappa shape index (κ3) is 3.80. The third-order valence-corrected chi connectivity index (χ3v) is 7.18. The number of likely N-dealkylation sites (N-methyl/N-ethyl adjacent to an activating group) is 1. The van der Waals surface area contributed by atoms with Crippen LogP contribution < -0.4 is 4.72 Å². The molecule has 1 aliphatic heterocycles. The number of sulfonamides is 1. The van der Waals surface area contributed by atoms with Gasteiger partial charge in [-0.05, 0) is 47.9 Å². The van der Waals surface area contributed by atoms with E-state index in [1.807, 2.05) is 0 Å². The molecule has 2 rings (SSSR count). The molecule has 2 N–H and O–H groups in total. The second-order valence-corrected chi connectivity index (χ2v) is 9.00. The van der Waals surface area contributed by atoms with Gasteiger partial charge in [0, 0.05) is 17.5 Å². The first-order valence-corrected chi connectivity index (χ1v) is 9.69. The molecule has 1 aromatic rings. The SMILES string of the molecule is CCN1CCCC(NS(=O)(=O)c2cc(CO)sc2Br)C1. The van der Waals surface area contributed by atoms with Crippen LogP contribution in [0.5, 0.6) is 0 Å². The van der Waals surface area contributed by atoms with Crippen LogP contribution in [-0.2, 0) is 16.6 Å². The zero-order valence-corrected chi connectivity index (χ0v) is 14.5.